The van der Waals surface area contributed by atoms with Crippen LogP contribution in [0.25, 0.3) is 10.9 Å². The number of aromatic amines is 1. The fourth-order valence-corrected chi connectivity index (χ4v) is 5.10. The fraction of sp³-hybridized carbons (Fsp3) is 0.594. The van der Waals surface area contributed by atoms with Crippen LogP contribution in [0.2, 0.25) is 0 Å². The van der Waals surface area contributed by atoms with Crippen molar-refractivity contribution in [1.29, 1.82) is 0 Å². The summed E-state index contributed by atoms with van der Waals surface area (Å²) in [7, 11) is 5.36. The molecule has 1 aromatic carbocycles. The number of rotatable bonds is 16. The summed E-state index contributed by atoms with van der Waals surface area (Å²) in [6.07, 6.45) is 1.42. The average Bonchev–Trinajstić information content (AvgIpc) is 3.59. The van der Waals surface area contributed by atoms with Crippen LogP contribution in [0.5, 0.6) is 5.75 Å². The van der Waals surface area contributed by atoms with Crippen molar-refractivity contribution >= 4 is 40.4 Å². The molecule has 4 N–H and O–H groups in total. The number of methoxy groups -OCH3 is 1. The van der Waals surface area contributed by atoms with Crippen LogP contribution >= 0.6 is 0 Å². The Bertz CT molecular complexity index is 1350. The Morgan fingerprint density at radius 1 is 1.11 bits per heavy atom. The first kappa shape index (κ1) is 34.6. The molecule has 1 saturated heterocycles. The van der Waals surface area contributed by atoms with E-state index in [1.54, 1.807) is 39.2 Å². The standard InChI is InChI=1S/C32H47N5O7/c1-19(2)15-24(36-30(41)25-17-21-22(34-25)9-8-10-27(21)43-7)29(40)35-23(16-20-11-13-33-28(20)39)26(38)18-44-31(42)32(3,4)12-14-37(5)6/h8-10,17,19-20,23-24,34H,11-16,18H2,1-7H3,(H,33,39)(H,35,40)(H,36,41)/t20-,23-,24-/m0/s1. The van der Waals surface area contributed by atoms with Gasteiger partial charge in [0.1, 0.15) is 17.5 Å². The van der Waals surface area contributed by atoms with Crippen molar-refractivity contribution in [3.63, 3.8) is 0 Å². The summed E-state index contributed by atoms with van der Waals surface area (Å²) in [6.45, 7) is 7.96. The van der Waals surface area contributed by atoms with Gasteiger partial charge in [-0.05, 0) is 84.3 Å². The number of carbonyl (C=O) groups is 5. The molecule has 0 bridgehead atoms. The van der Waals surface area contributed by atoms with E-state index in [0.717, 1.165) is 5.39 Å². The number of amides is 3. The number of hydrogen-bond acceptors (Lipinski definition) is 8. The van der Waals surface area contributed by atoms with E-state index in [9.17, 15) is 24.0 Å². The Morgan fingerprint density at radius 3 is 2.45 bits per heavy atom. The lowest BCUT2D eigenvalue weighted by Crippen LogP contribution is -2.53. The third-order valence-electron chi connectivity index (χ3n) is 7.89. The predicted molar refractivity (Wildman–Crippen MR) is 166 cm³/mol. The monoisotopic (exact) mass is 613 g/mol. The van der Waals surface area contributed by atoms with Gasteiger partial charge >= 0.3 is 5.97 Å². The van der Waals surface area contributed by atoms with E-state index in [1.165, 1.54) is 0 Å². The number of esters is 1. The van der Waals surface area contributed by atoms with Gasteiger partial charge in [-0.25, -0.2) is 0 Å². The maximum atomic E-state index is 13.6. The zero-order valence-corrected chi connectivity index (χ0v) is 26.9. The number of fused-ring (bicyclic) bond motifs is 1. The van der Waals surface area contributed by atoms with Crippen LogP contribution in [-0.4, -0.2) is 92.3 Å². The van der Waals surface area contributed by atoms with Crippen LogP contribution in [-0.2, 0) is 23.9 Å². The molecule has 12 heteroatoms. The summed E-state index contributed by atoms with van der Waals surface area (Å²) in [4.78, 5) is 70.5. The lowest BCUT2D eigenvalue weighted by Gasteiger charge is -2.26. The van der Waals surface area contributed by atoms with Gasteiger partial charge < -0.3 is 35.3 Å². The second-order valence-electron chi connectivity index (χ2n) is 12.8. The summed E-state index contributed by atoms with van der Waals surface area (Å²) < 4.78 is 10.8. The van der Waals surface area contributed by atoms with Crippen LogP contribution in [0.4, 0.5) is 0 Å². The Kier molecular flexibility index (Phi) is 11.9. The molecule has 3 rings (SSSR count). The fourth-order valence-electron chi connectivity index (χ4n) is 5.10. The highest BCUT2D eigenvalue weighted by Gasteiger charge is 2.35. The number of hydrogen-bond donors (Lipinski definition) is 4. The number of aromatic nitrogens is 1. The normalized spacial score (nSPS) is 16.5. The molecule has 2 aromatic rings. The van der Waals surface area contributed by atoms with Crippen molar-refractivity contribution in [3.05, 3.63) is 30.0 Å². The maximum absolute atomic E-state index is 13.6. The van der Waals surface area contributed by atoms with Crippen molar-refractivity contribution in [3.8, 4) is 5.75 Å². The van der Waals surface area contributed by atoms with Crippen molar-refractivity contribution in [2.24, 2.45) is 17.3 Å². The van der Waals surface area contributed by atoms with Crippen LogP contribution < -0.4 is 20.7 Å². The lowest BCUT2D eigenvalue weighted by atomic mass is 9.89. The van der Waals surface area contributed by atoms with E-state index >= 15 is 0 Å². The largest absolute Gasteiger partial charge is 0.496 e. The van der Waals surface area contributed by atoms with Crippen molar-refractivity contribution in [2.45, 2.75) is 65.5 Å². The van der Waals surface area contributed by atoms with Crippen LogP contribution in [0, 0.1) is 17.3 Å². The Hall–Kier alpha value is -3.93. The Balaban J connectivity index is 1.75. The molecule has 3 amide bonds. The van der Waals surface area contributed by atoms with Gasteiger partial charge in [-0.3, -0.25) is 24.0 Å². The van der Waals surface area contributed by atoms with E-state index in [2.05, 4.69) is 20.9 Å². The van der Waals surface area contributed by atoms with E-state index in [4.69, 9.17) is 9.47 Å². The highest BCUT2D eigenvalue weighted by Crippen LogP contribution is 2.26. The smallest absolute Gasteiger partial charge is 0.311 e. The minimum absolute atomic E-state index is 0.0361. The Morgan fingerprint density at radius 2 is 1.84 bits per heavy atom. The molecule has 0 aliphatic carbocycles. The molecule has 1 fully saturated rings. The third kappa shape index (κ3) is 9.28. The molecule has 2 heterocycles. The second kappa shape index (κ2) is 15.2. The first-order valence-electron chi connectivity index (χ1n) is 15.1. The number of nitrogens with one attached hydrogen (secondary N) is 4. The zero-order valence-electron chi connectivity index (χ0n) is 26.9. The van der Waals surface area contributed by atoms with Gasteiger partial charge in [-0.15, -0.1) is 0 Å². The predicted octanol–water partition coefficient (Wildman–Crippen LogP) is 2.42. The quantitative estimate of drug-likeness (QED) is 0.210. The van der Waals surface area contributed by atoms with Crippen LogP contribution in [0.3, 0.4) is 0 Å². The number of ether oxygens (including phenoxy) is 2. The van der Waals surface area contributed by atoms with Gasteiger partial charge in [-0.1, -0.05) is 19.9 Å². The van der Waals surface area contributed by atoms with Gasteiger partial charge in [0.25, 0.3) is 5.91 Å². The molecule has 3 atom stereocenters. The number of nitrogens with zero attached hydrogens (tertiary/aromatic N) is 1. The summed E-state index contributed by atoms with van der Waals surface area (Å²) >= 11 is 0. The van der Waals surface area contributed by atoms with Gasteiger partial charge in [-0.2, -0.15) is 0 Å². The zero-order chi connectivity index (χ0) is 32.6. The van der Waals surface area contributed by atoms with Gasteiger partial charge in [0, 0.05) is 23.4 Å². The molecule has 1 aliphatic heterocycles. The van der Waals surface area contributed by atoms with E-state index in [-0.39, 0.29) is 23.9 Å². The topological polar surface area (TPSA) is 159 Å². The number of H-pyrrole nitrogens is 1. The first-order chi connectivity index (χ1) is 20.7. The first-order valence-corrected chi connectivity index (χ1v) is 15.1. The molecule has 0 unspecified atom stereocenters. The molecule has 242 valence electrons. The van der Waals surface area contributed by atoms with E-state index in [0.29, 0.717) is 43.6 Å². The lowest BCUT2D eigenvalue weighted by molar-refractivity contribution is -0.158. The molecule has 12 nitrogen and oxygen atoms in total. The maximum Gasteiger partial charge on any atom is 0.311 e. The number of carbonyl (C=O) groups excluding carboxylic acids is 5. The van der Waals surface area contributed by atoms with Gasteiger partial charge in [0.2, 0.25) is 11.8 Å². The van der Waals surface area contributed by atoms with Crippen molar-refractivity contribution < 1.29 is 33.4 Å². The summed E-state index contributed by atoms with van der Waals surface area (Å²) in [5.41, 5.74) is 0.151. The van der Waals surface area contributed by atoms with E-state index < -0.39 is 53.6 Å². The van der Waals surface area contributed by atoms with Crippen LogP contribution in [0.15, 0.2) is 24.3 Å². The molecule has 1 aliphatic rings. The number of Topliss-reactive ketones (excluding diaryl/α,β-unsaturated/α-hetero) is 1. The molecule has 0 saturated carbocycles. The highest BCUT2D eigenvalue weighted by atomic mass is 16.5. The summed E-state index contributed by atoms with van der Waals surface area (Å²) in [6, 6.07) is 5.02. The number of ketones is 1. The second-order valence-corrected chi connectivity index (χ2v) is 12.8. The minimum Gasteiger partial charge on any atom is -0.496 e. The average molecular weight is 614 g/mol. The SMILES string of the molecule is COc1cccc2[nH]c(C(=O)N[C@@H](CC(C)C)C(=O)N[C@@H](C[C@@H]3CCNC3=O)C(=O)COC(=O)C(C)(C)CCN(C)C)cc12. The molecule has 1 aromatic heterocycles. The van der Waals surface area contributed by atoms with Crippen molar-refractivity contribution in [2.75, 3.05) is 40.9 Å². The van der Waals surface area contributed by atoms with Gasteiger partial charge in [0.05, 0.1) is 18.6 Å². The summed E-state index contributed by atoms with van der Waals surface area (Å²) in [5.74, 6) is -2.12. The van der Waals surface area contributed by atoms with Gasteiger partial charge in [0.15, 0.2) is 12.4 Å². The van der Waals surface area contributed by atoms with E-state index in [1.807, 2.05) is 38.9 Å². The third-order valence-corrected chi connectivity index (χ3v) is 7.89. The highest BCUT2D eigenvalue weighted by molar-refractivity contribution is 6.02. The Labute approximate surface area is 259 Å². The minimum atomic E-state index is -1.09. The summed E-state index contributed by atoms with van der Waals surface area (Å²) in [5, 5.41) is 9.04. The number of benzene rings is 1. The molecule has 0 spiro atoms. The molecule has 0 radical (unpaired) electrons. The molecule has 44 heavy (non-hydrogen) atoms. The van der Waals surface area contributed by atoms with Crippen LogP contribution in [0.1, 0.15) is 63.9 Å². The molecular formula is C32H47N5O7. The molecular weight excluding hydrogens is 566 g/mol. The van der Waals surface area contributed by atoms with Crippen molar-refractivity contribution in [1.82, 2.24) is 25.8 Å².